The van der Waals surface area contributed by atoms with Crippen molar-refractivity contribution in [3.63, 3.8) is 0 Å². The van der Waals surface area contributed by atoms with Gasteiger partial charge in [-0.1, -0.05) is 6.07 Å². The average molecular weight is 258 g/mol. The van der Waals surface area contributed by atoms with E-state index in [0.29, 0.717) is 24.6 Å². The van der Waals surface area contributed by atoms with Crippen molar-refractivity contribution in [3.05, 3.63) is 24.3 Å². The number of ether oxygens (including phenoxy) is 1. The molecule has 0 atom stereocenters. The first-order valence-electron chi connectivity index (χ1n) is 5.40. The molecular weight excluding hydrogens is 240 g/mol. The molecule has 0 unspecified atom stereocenters. The minimum atomic E-state index is -3.32. The second-order valence-electron chi connectivity index (χ2n) is 3.86. The summed E-state index contributed by atoms with van der Waals surface area (Å²) in [6, 6.07) is 6.79. The maximum Gasteiger partial charge on any atom is 0.235 e. The van der Waals surface area contributed by atoms with Crippen LogP contribution in [0.25, 0.3) is 0 Å². The van der Waals surface area contributed by atoms with Crippen molar-refractivity contribution in [2.45, 2.75) is 19.1 Å². The molecule has 1 aromatic rings. The Labute approximate surface area is 102 Å². The molecule has 0 saturated carbocycles. The van der Waals surface area contributed by atoms with Gasteiger partial charge in [0, 0.05) is 12.6 Å². The quantitative estimate of drug-likeness (QED) is 0.802. The van der Waals surface area contributed by atoms with Crippen molar-refractivity contribution in [1.29, 1.82) is 0 Å². The van der Waals surface area contributed by atoms with Crippen LogP contribution in [0, 0.1) is 0 Å². The summed E-state index contributed by atoms with van der Waals surface area (Å²) in [6.45, 7) is 4.07. The molecule has 0 bridgehead atoms. The third-order valence-corrected chi connectivity index (χ3v) is 3.86. The maximum atomic E-state index is 11.7. The molecule has 1 aromatic carbocycles. The lowest BCUT2D eigenvalue weighted by atomic mass is 10.3. The standard InChI is InChI=1S/C11H18N2O3S/c1-9(2)17(14,15)13-10-4-3-5-11(8-10)16-7-6-12/h3-5,8-9,13H,6-7,12H2,1-2H3. The monoisotopic (exact) mass is 258 g/mol. The van der Waals surface area contributed by atoms with Crippen LogP contribution in [0.5, 0.6) is 5.75 Å². The van der Waals surface area contributed by atoms with Crippen molar-refractivity contribution < 1.29 is 13.2 Å². The normalized spacial score (nSPS) is 11.5. The third kappa shape index (κ3) is 4.24. The molecule has 0 amide bonds. The van der Waals surface area contributed by atoms with Crippen molar-refractivity contribution in [3.8, 4) is 5.75 Å². The van der Waals surface area contributed by atoms with Crippen molar-refractivity contribution in [2.75, 3.05) is 17.9 Å². The van der Waals surface area contributed by atoms with E-state index in [2.05, 4.69) is 4.72 Å². The minimum absolute atomic E-state index is 0.403. The van der Waals surface area contributed by atoms with Crippen LogP contribution in [-0.2, 0) is 10.0 Å². The maximum absolute atomic E-state index is 11.7. The largest absolute Gasteiger partial charge is 0.492 e. The first kappa shape index (κ1) is 13.8. The van der Waals surface area contributed by atoms with E-state index < -0.39 is 15.3 Å². The molecule has 96 valence electrons. The third-order valence-electron chi connectivity index (χ3n) is 2.10. The number of hydrogen-bond donors (Lipinski definition) is 2. The zero-order chi connectivity index (χ0) is 12.9. The van der Waals surface area contributed by atoms with Crippen LogP contribution < -0.4 is 15.2 Å². The molecule has 0 radical (unpaired) electrons. The molecular formula is C11H18N2O3S. The van der Waals surface area contributed by atoms with E-state index in [1.54, 1.807) is 38.1 Å². The van der Waals surface area contributed by atoms with Crippen LogP contribution in [-0.4, -0.2) is 26.8 Å². The molecule has 0 aromatic heterocycles. The molecule has 0 fully saturated rings. The fourth-order valence-corrected chi connectivity index (χ4v) is 1.80. The summed E-state index contributed by atoms with van der Waals surface area (Å²) in [6.07, 6.45) is 0. The van der Waals surface area contributed by atoms with Gasteiger partial charge in [0.1, 0.15) is 12.4 Å². The highest BCUT2D eigenvalue weighted by atomic mass is 32.2. The topological polar surface area (TPSA) is 81.4 Å². The van der Waals surface area contributed by atoms with Crippen LogP contribution in [0.3, 0.4) is 0 Å². The smallest absolute Gasteiger partial charge is 0.235 e. The molecule has 5 nitrogen and oxygen atoms in total. The van der Waals surface area contributed by atoms with Gasteiger partial charge in [-0.3, -0.25) is 4.72 Å². The van der Waals surface area contributed by atoms with E-state index in [9.17, 15) is 8.42 Å². The first-order valence-corrected chi connectivity index (χ1v) is 6.95. The molecule has 0 saturated heterocycles. The average Bonchev–Trinajstić information content (AvgIpc) is 2.26. The number of benzene rings is 1. The zero-order valence-corrected chi connectivity index (χ0v) is 10.8. The van der Waals surface area contributed by atoms with Gasteiger partial charge in [0.15, 0.2) is 0 Å². The van der Waals surface area contributed by atoms with Gasteiger partial charge in [0.25, 0.3) is 0 Å². The van der Waals surface area contributed by atoms with Crippen molar-refractivity contribution in [2.24, 2.45) is 5.73 Å². The molecule has 0 aliphatic heterocycles. The lowest BCUT2D eigenvalue weighted by Gasteiger charge is -2.12. The summed E-state index contributed by atoms with van der Waals surface area (Å²) >= 11 is 0. The Bertz CT molecular complexity index is 458. The molecule has 0 spiro atoms. The molecule has 0 heterocycles. The molecule has 1 rings (SSSR count). The van der Waals surface area contributed by atoms with Gasteiger partial charge >= 0.3 is 0 Å². The lowest BCUT2D eigenvalue weighted by molar-refractivity contribution is 0.328. The van der Waals surface area contributed by atoms with Crippen LogP contribution >= 0.6 is 0 Å². The van der Waals surface area contributed by atoms with Crippen molar-refractivity contribution >= 4 is 15.7 Å². The zero-order valence-electron chi connectivity index (χ0n) is 10.0. The number of rotatable bonds is 6. The Morgan fingerprint density at radius 3 is 2.71 bits per heavy atom. The second kappa shape index (κ2) is 5.88. The van der Waals surface area contributed by atoms with Gasteiger partial charge in [-0.15, -0.1) is 0 Å². The van der Waals surface area contributed by atoms with Gasteiger partial charge < -0.3 is 10.5 Å². The Balaban J connectivity index is 2.79. The first-order chi connectivity index (χ1) is 7.95. The minimum Gasteiger partial charge on any atom is -0.492 e. The van der Waals surface area contributed by atoms with Crippen molar-refractivity contribution in [1.82, 2.24) is 0 Å². The number of sulfonamides is 1. The molecule has 0 aliphatic carbocycles. The van der Waals surface area contributed by atoms with E-state index in [-0.39, 0.29) is 0 Å². The summed E-state index contributed by atoms with van der Waals surface area (Å²) in [5, 5.41) is -0.476. The van der Waals surface area contributed by atoms with E-state index in [0.717, 1.165) is 0 Å². The van der Waals surface area contributed by atoms with E-state index in [1.807, 2.05) is 0 Å². The van der Waals surface area contributed by atoms with Crippen LogP contribution in [0.4, 0.5) is 5.69 Å². The Morgan fingerprint density at radius 2 is 2.12 bits per heavy atom. The Kier molecular flexibility index (Phi) is 4.77. The summed E-state index contributed by atoms with van der Waals surface area (Å²) in [5.74, 6) is 0.597. The van der Waals surface area contributed by atoms with Gasteiger partial charge in [-0.05, 0) is 26.0 Å². The number of anilines is 1. The highest BCUT2D eigenvalue weighted by Gasteiger charge is 2.15. The van der Waals surface area contributed by atoms with E-state index >= 15 is 0 Å². The lowest BCUT2D eigenvalue weighted by Crippen LogP contribution is -2.22. The fourth-order valence-electron chi connectivity index (χ4n) is 1.11. The summed E-state index contributed by atoms with van der Waals surface area (Å²) < 4.78 is 31.1. The predicted octanol–water partition coefficient (Wildman–Crippen LogP) is 1.17. The summed E-state index contributed by atoms with van der Waals surface area (Å²) in [5.41, 5.74) is 5.81. The summed E-state index contributed by atoms with van der Waals surface area (Å²) in [4.78, 5) is 0. The van der Waals surface area contributed by atoms with Gasteiger partial charge in [0.2, 0.25) is 10.0 Å². The molecule has 3 N–H and O–H groups in total. The second-order valence-corrected chi connectivity index (χ2v) is 6.10. The van der Waals surface area contributed by atoms with Gasteiger partial charge in [0.05, 0.1) is 10.9 Å². The molecule has 6 heteroatoms. The van der Waals surface area contributed by atoms with Gasteiger partial charge in [-0.2, -0.15) is 0 Å². The number of nitrogens with one attached hydrogen (secondary N) is 1. The molecule has 0 aliphatic rings. The van der Waals surface area contributed by atoms with Crippen LogP contribution in [0.15, 0.2) is 24.3 Å². The molecule has 17 heavy (non-hydrogen) atoms. The summed E-state index contributed by atoms with van der Waals surface area (Å²) in [7, 11) is -3.32. The van der Waals surface area contributed by atoms with Gasteiger partial charge in [-0.25, -0.2) is 8.42 Å². The predicted molar refractivity (Wildman–Crippen MR) is 68.7 cm³/mol. The van der Waals surface area contributed by atoms with Crippen LogP contribution in [0.2, 0.25) is 0 Å². The Hall–Kier alpha value is -1.27. The van der Waals surface area contributed by atoms with E-state index in [1.165, 1.54) is 0 Å². The van der Waals surface area contributed by atoms with Crippen LogP contribution in [0.1, 0.15) is 13.8 Å². The number of nitrogens with two attached hydrogens (primary N) is 1. The van der Waals surface area contributed by atoms with E-state index in [4.69, 9.17) is 10.5 Å². The SMILES string of the molecule is CC(C)S(=O)(=O)Nc1cccc(OCCN)c1. The highest BCUT2D eigenvalue weighted by Crippen LogP contribution is 2.19. The number of hydrogen-bond acceptors (Lipinski definition) is 4. The Morgan fingerprint density at radius 1 is 1.41 bits per heavy atom. The highest BCUT2D eigenvalue weighted by molar-refractivity contribution is 7.93. The fraction of sp³-hybridized carbons (Fsp3) is 0.455.